The van der Waals surface area contributed by atoms with Gasteiger partial charge in [-0.15, -0.1) is 0 Å². The Morgan fingerprint density at radius 1 is 0.581 bits per heavy atom. The van der Waals surface area contributed by atoms with Gasteiger partial charge in [-0.3, -0.25) is 9.59 Å². The number of ether oxygens (including phenoxy) is 4. The molecule has 43 heavy (non-hydrogen) atoms. The molecule has 2 N–H and O–H groups in total. The Morgan fingerprint density at radius 3 is 1.28 bits per heavy atom. The lowest BCUT2D eigenvalue weighted by atomic mass is 9.98. The molecule has 254 valence electrons. The fraction of sp³-hybridized carbons (Fsp3) is 0.943. The molecule has 0 aromatic heterocycles. The molecule has 1 aliphatic rings. The second-order valence-electron chi connectivity index (χ2n) is 12.4. The smallest absolute Gasteiger partial charge is 0.306 e. The van der Waals surface area contributed by atoms with Crippen molar-refractivity contribution < 1.29 is 38.7 Å². The number of carbonyl (C=O) groups excluding carboxylic acids is 2. The number of rotatable bonds is 28. The van der Waals surface area contributed by atoms with Crippen molar-refractivity contribution in [2.75, 3.05) is 13.7 Å². The molecular weight excluding hydrogens is 548 g/mol. The van der Waals surface area contributed by atoms with Crippen molar-refractivity contribution in [2.24, 2.45) is 0 Å². The van der Waals surface area contributed by atoms with Gasteiger partial charge in [0.05, 0.1) is 6.61 Å². The van der Waals surface area contributed by atoms with E-state index in [4.69, 9.17) is 18.9 Å². The van der Waals surface area contributed by atoms with E-state index in [-0.39, 0.29) is 12.8 Å². The van der Waals surface area contributed by atoms with E-state index in [1.165, 1.54) is 110 Å². The lowest BCUT2D eigenvalue weighted by Crippen LogP contribution is -2.61. The second-order valence-corrected chi connectivity index (χ2v) is 12.4. The van der Waals surface area contributed by atoms with Gasteiger partial charge in [0.15, 0.2) is 18.5 Å². The summed E-state index contributed by atoms with van der Waals surface area (Å²) in [4.78, 5) is 25.4. The van der Waals surface area contributed by atoms with Crippen LogP contribution in [0.2, 0.25) is 0 Å². The van der Waals surface area contributed by atoms with E-state index in [1.54, 1.807) is 0 Å². The zero-order valence-electron chi connectivity index (χ0n) is 27.9. The Kier molecular flexibility index (Phi) is 25.1. The molecule has 0 amide bonds. The van der Waals surface area contributed by atoms with Crippen molar-refractivity contribution in [2.45, 2.75) is 199 Å². The molecule has 5 atom stereocenters. The minimum Gasteiger partial charge on any atom is -0.455 e. The number of methoxy groups -OCH3 is 1. The summed E-state index contributed by atoms with van der Waals surface area (Å²) < 4.78 is 22.3. The molecule has 0 bridgehead atoms. The van der Waals surface area contributed by atoms with E-state index < -0.39 is 49.3 Å². The van der Waals surface area contributed by atoms with Crippen LogP contribution in [-0.4, -0.2) is 66.6 Å². The average molecular weight is 615 g/mol. The van der Waals surface area contributed by atoms with Gasteiger partial charge in [-0.1, -0.05) is 142 Å². The largest absolute Gasteiger partial charge is 0.455 e. The lowest BCUT2D eigenvalue weighted by Gasteiger charge is -2.42. The third kappa shape index (κ3) is 19.0. The predicted octanol–water partition coefficient (Wildman–Crippen LogP) is 7.94. The molecule has 1 aliphatic heterocycles. The standard InChI is InChI=1S/C35H66O8/c1-4-6-8-10-12-14-16-18-20-22-24-26-30(37)42-33-32(39)29(28-36)41-35(40-3)34(33)43-31(38)27-25-23-21-19-17-15-13-11-9-7-5-2/h29,32-36,39H,4-28H2,1-3H3/t29-,32+,33+,34-,35+/m1/s1. The van der Waals surface area contributed by atoms with Gasteiger partial charge in [-0.2, -0.15) is 0 Å². The highest BCUT2D eigenvalue weighted by Crippen LogP contribution is 2.28. The van der Waals surface area contributed by atoms with Crippen LogP contribution in [0, 0.1) is 0 Å². The average Bonchev–Trinajstić information content (AvgIpc) is 3.00. The van der Waals surface area contributed by atoms with Crippen LogP contribution in [0.1, 0.15) is 168 Å². The van der Waals surface area contributed by atoms with Gasteiger partial charge in [0, 0.05) is 20.0 Å². The summed E-state index contributed by atoms with van der Waals surface area (Å²) in [6.45, 7) is 3.99. The first-order valence-corrected chi connectivity index (χ1v) is 17.8. The van der Waals surface area contributed by atoms with Gasteiger partial charge >= 0.3 is 11.9 Å². The maximum absolute atomic E-state index is 12.7. The normalized spacial score (nSPS) is 22.0. The van der Waals surface area contributed by atoms with E-state index in [2.05, 4.69) is 13.8 Å². The minimum atomic E-state index is -1.34. The molecule has 0 aromatic rings. The number of esters is 2. The first-order chi connectivity index (χ1) is 21.0. The van der Waals surface area contributed by atoms with Gasteiger partial charge in [0.1, 0.15) is 12.2 Å². The SMILES string of the molecule is CCCCCCCCCCCCCC(=O)O[C@H]1[C@@H](OC)O[C@H](CO)[C@H](O)[C@@H]1OC(=O)CCCCCCCCCCCCC. The molecule has 1 saturated heterocycles. The maximum Gasteiger partial charge on any atom is 0.306 e. The van der Waals surface area contributed by atoms with Crippen LogP contribution in [0.5, 0.6) is 0 Å². The Balaban J connectivity index is 2.38. The van der Waals surface area contributed by atoms with Crippen molar-refractivity contribution >= 4 is 11.9 Å². The molecule has 0 unspecified atom stereocenters. The Labute approximate surface area is 263 Å². The number of hydrogen-bond acceptors (Lipinski definition) is 8. The Bertz CT molecular complexity index is 672. The van der Waals surface area contributed by atoms with Crippen LogP contribution in [0.3, 0.4) is 0 Å². The monoisotopic (exact) mass is 614 g/mol. The highest BCUT2D eigenvalue weighted by atomic mass is 16.7. The first kappa shape index (κ1) is 39.8. The first-order valence-electron chi connectivity index (χ1n) is 17.8. The van der Waals surface area contributed by atoms with Crippen molar-refractivity contribution in [3.8, 4) is 0 Å². The van der Waals surface area contributed by atoms with Crippen LogP contribution in [0.15, 0.2) is 0 Å². The zero-order chi connectivity index (χ0) is 31.5. The fourth-order valence-corrected chi connectivity index (χ4v) is 5.78. The molecular formula is C35H66O8. The molecule has 8 heteroatoms. The van der Waals surface area contributed by atoms with E-state index in [0.29, 0.717) is 12.8 Å². The van der Waals surface area contributed by atoms with Gasteiger partial charge in [-0.25, -0.2) is 0 Å². The van der Waals surface area contributed by atoms with E-state index in [9.17, 15) is 19.8 Å². The maximum atomic E-state index is 12.7. The quantitative estimate of drug-likeness (QED) is 0.0675. The van der Waals surface area contributed by atoms with E-state index >= 15 is 0 Å². The van der Waals surface area contributed by atoms with Crippen LogP contribution < -0.4 is 0 Å². The van der Waals surface area contributed by atoms with E-state index in [1.807, 2.05) is 0 Å². The zero-order valence-corrected chi connectivity index (χ0v) is 27.9. The van der Waals surface area contributed by atoms with Crippen LogP contribution >= 0.6 is 0 Å². The second kappa shape index (κ2) is 27.1. The number of unbranched alkanes of at least 4 members (excludes halogenated alkanes) is 20. The summed E-state index contributed by atoms with van der Waals surface area (Å²) in [5, 5.41) is 20.5. The molecule has 0 saturated carbocycles. The van der Waals surface area contributed by atoms with Crippen LogP contribution in [-0.2, 0) is 28.5 Å². The molecule has 0 spiro atoms. The van der Waals surface area contributed by atoms with Gasteiger partial charge in [-0.05, 0) is 12.8 Å². The molecule has 1 fully saturated rings. The number of carbonyl (C=O) groups is 2. The summed E-state index contributed by atoms with van der Waals surface area (Å²) in [6.07, 6.45) is 20.8. The van der Waals surface area contributed by atoms with Crippen molar-refractivity contribution in [1.29, 1.82) is 0 Å². The minimum absolute atomic E-state index is 0.224. The summed E-state index contributed by atoms with van der Waals surface area (Å²) >= 11 is 0. The molecule has 8 nitrogen and oxygen atoms in total. The summed E-state index contributed by atoms with van der Waals surface area (Å²) in [5.41, 5.74) is 0. The Morgan fingerprint density at radius 2 is 0.930 bits per heavy atom. The van der Waals surface area contributed by atoms with Crippen molar-refractivity contribution in [1.82, 2.24) is 0 Å². The molecule has 0 radical (unpaired) electrons. The molecule has 1 rings (SSSR count). The van der Waals surface area contributed by atoms with Gasteiger partial charge in [0.25, 0.3) is 0 Å². The number of aliphatic hydroxyl groups excluding tert-OH is 2. The van der Waals surface area contributed by atoms with Gasteiger partial charge in [0.2, 0.25) is 0 Å². The summed E-state index contributed by atoms with van der Waals surface area (Å²) in [7, 11) is 1.39. The van der Waals surface area contributed by atoms with Gasteiger partial charge < -0.3 is 29.2 Å². The molecule has 0 aromatic carbocycles. The highest BCUT2D eigenvalue weighted by molar-refractivity contribution is 5.70. The van der Waals surface area contributed by atoms with Crippen molar-refractivity contribution in [3.05, 3.63) is 0 Å². The number of hydrogen-bond donors (Lipinski definition) is 2. The van der Waals surface area contributed by atoms with Crippen LogP contribution in [0.25, 0.3) is 0 Å². The third-order valence-corrected chi connectivity index (χ3v) is 8.53. The lowest BCUT2D eigenvalue weighted by molar-refractivity contribution is -0.300. The van der Waals surface area contributed by atoms with Crippen molar-refractivity contribution in [3.63, 3.8) is 0 Å². The highest BCUT2D eigenvalue weighted by Gasteiger charge is 2.49. The fourth-order valence-electron chi connectivity index (χ4n) is 5.78. The Hall–Kier alpha value is -1.22. The summed E-state index contributed by atoms with van der Waals surface area (Å²) in [6, 6.07) is 0. The molecule has 1 heterocycles. The van der Waals surface area contributed by atoms with E-state index in [0.717, 1.165) is 25.7 Å². The predicted molar refractivity (Wildman–Crippen MR) is 171 cm³/mol. The molecule has 0 aliphatic carbocycles. The third-order valence-electron chi connectivity index (χ3n) is 8.53. The topological polar surface area (TPSA) is 112 Å². The van der Waals surface area contributed by atoms with Crippen LogP contribution in [0.4, 0.5) is 0 Å². The summed E-state index contributed by atoms with van der Waals surface area (Å²) in [5.74, 6) is -0.896. The number of aliphatic hydroxyl groups is 2.